The van der Waals surface area contributed by atoms with Crippen LogP contribution in [0.4, 0.5) is 0 Å². The first-order valence-corrected chi connectivity index (χ1v) is 16.0. The first-order chi connectivity index (χ1) is 20.0. The molecule has 3 fully saturated rings. The van der Waals surface area contributed by atoms with Gasteiger partial charge in [0.25, 0.3) is 0 Å². The van der Waals surface area contributed by atoms with Gasteiger partial charge in [-0.05, 0) is 69.8 Å². The molecule has 42 heavy (non-hydrogen) atoms. The number of ether oxygens (including phenoxy) is 2. The van der Waals surface area contributed by atoms with Crippen molar-refractivity contribution in [3.63, 3.8) is 0 Å². The molecule has 5 aliphatic rings. The van der Waals surface area contributed by atoms with Gasteiger partial charge in [-0.3, -0.25) is 19.2 Å². The van der Waals surface area contributed by atoms with Gasteiger partial charge in [-0.2, -0.15) is 0 Å². The topological polar surface area (TPSA) is 96.5 Å². The monoisotopic (exact) mass is 583 g/mol. The van der Waals surface area contributed by atoms with Gasteiger partial charge < -0.3 is 24.2 Å². The number of piperidine rings is 1. The van der Waals surface area contributed by atoms with E-state index in [1.54, 1.807) is 9.80 Å². The van der Waals surface area contributed by atoms with Crippen LogP contribution in [0.15, 0.2) is 23.4 Å². The van der Waals surface area contributed by atoms with Gasteiger partial charge in [0.05, 0.1) is 19.3 Å². The Labute approximate surface area is 250 Å². The molecule has 3 amide bonds. The Hall–Kier alpha value is -2.68. The van der Waals surface area contributed by atoms with Gasteiger partial charge >= 0.3 is 5.97 Å². The van der Waals surface area contributed by atoms with Crippen molar-refractivity contribution in [2.75, 3.05) is 39.8 Å². The smallest absolute Gasteiger partial charge is 0.320 e. The van der Waals surface area contributed by atoms with Crippen LogP contribution in [0.1, 0.15) is 85.5 Å². The Balaban J connectivity index is 1.40. The second kappa shape index (κ2) is 12.1. The summed E-state index contributed by atoms with van der Waals surface area (Å²) in [5.74, 6) is -0.935. The first-order valence-electron chi connectivity index (χ1n) is 16.0. The van der Waals surface area contributed by atoms with E-state index in [1.165, 1.54) is 19.1 Å². The van der Waals surface area contributed by atoms with Crippen molar-refractivity contribution in [3.05, 3.63) is 23.4 Å². The molecule has 2 saturated heterocycles. The van der Waals surface area contributed by atoms with Gasteiger partial charge in [-0.1, -0.05) is 32.4 Å². The highest BCUT2D eigenvalue weighted by molar-refractivity contribution is 5.93. The number of amides is 3. The van der Waals surface area contributed by atoms with E-state index in [1.807, 2.05) is 17.9 Å². The van der Waals surface area contributed by atoms with Gasteiger partial charge in [0, 0.05) is 56.7 Å². The SMILES string of the molecule is COC(=O)[C@]12C[C@H](CC(=O)N3CCN(C(=O)C4CC4)CC3)C(=O)N(CCC3=CCCCC3)C1=C[C@H](C(C)(C)C)O[C@@H]2C. The fourth-order valence-electron chi connectivity index (χ4n) is 7.16. The van der Waals surface area contributed by atoms with Crippen molar-refractivity contribution < 1.29 is 28.7 Å². The molecule has 0 unspecified atom stereocenters. The molecule has 0 bridgehead atoms. The zero-order valence-corrected chi connectivity index (χ0v) is 26.2. The number of fused-ring (bicyclic) bond motifs is 1. The molecule has 4 atom stereocenters. The number of esters is 1. The van der Waals surface area contributed by atoms with Crippen LogP contribution >= 0.6 is 0 Å². The highest BCUT2D eigenvalue weighted by Crippen LogP contribution is 2.52. The summed E-state index contributed by atoms with van der Waals surface area (Å²) in [5.41, 5.74) is 0.610. The van der Waals surface area contributed by atoms with Crippen molar-refractivity contribution in [3.8, 4) is 0 Å². The number of hydrogen-bond donors (Lipinski definition) is 0. The molecule has 0 aromatic heterocycles. The van der Waals surface area contributed by atoms with Crippen molar-refractivity contribution in [1.29, 1.82) is 0 Å². The van der Waals surface area contributed by atoms with Crippen molar-refractivity contribution in [2.24, 2.45) is 22.7 Å². The van der Waals surface area contributed by atoms with E-state index in [-0.39, 0.29) is 48.0 Å². The number of carbonyl (C=O) groups excluding carboxylic acids is 4. The molecule has 5 rings (SSSR count). The van der Waals surface area contributed by atoms with Crippen molar-refractivity contribution in [2.45, 2.75) is 97.7 Å². The minimum atomic E-state index is -1.17. The van der Waals surface area contributed by atoms with Crippen molar-refractivity contribution in [1.82, 2.24) is 14.7 Å². The van der Waals surface area contributed by atoms with E-state index in [0.717, 1.165) is 38.5 Å². The molecule has 9 heteroatoms. The third-order valence-corrected chi connectivity index (χ3v) is 10.0. The second-order valence-corrected chi connectivity index (χ2v) is 14.0. The lowest BCUT2D eigenvalue weighted by Crippen LogP contribution is -2.61. The number of rotatable bonds is 7. The number of likely N-dealkylation sites (tertiary alicyclic amines) is 1. The van der Waals surface area contributed by atoms with Crippen LogP contribution in [0.2, 0.25) is 0 Å². The summed E-state index contributed by atoms with van der Waals surface area (Å²) in [6.45, 7) is 10.6. The number of allylic oxidation sites excluding steroid dienone is 1. The van der Waals surface area contributed by atoms with E-state index in [0.29, 0.717) is 38.4 Å². The van der Waals surface area contributed by atoms with Gasteiger partial charge in [0.15, 0.2) is 0 Å². The highest BCUT2D eigenvalue weighted by atomic mass is 16.5. The van der Waals surface area contributed by atoms with E-state index < -0.39 is 23.4 Å². The first kappa shape index (κ1) is 30.8. The maximum atomic E-state index is 14.3. The molecule has 0 radical (unpaired) electrons. The maximum Gasteiger partial charge on any atom is 0.320 e. The van der Waals surface area contributed by atoms with Gasteiger partial charge in [-0.25, -0.2) is 0 Å². The summed E-state index contributed by atoms with van der Waals surface area (Å²) in [6, 6.07) is 0. The van der Waals surface area contributed by atoms with Crippen LogP contribution in [0.25, 0.3) is 0 Å². The standard InChI is InChI=1S/C33H49N3O6/c1-22-33(31(40)41-5)21-25(19-28(37)34-15-17-35(18-16-34)29(38)24-11-12-24)30(39)36(14-13-23-9-7-6-8-10-23)26(33)20-27(42-22)32(2,3)4/h9,20,22,24-25,27H,6-8,10-19,21H2,1-5H3/t22-,25+,27-,33+/m1/s1. The third kappa shape index (κ3) is 6.03. The summed E-state index contributed by atoms with van der Waals surface area (Å²) in [6.07, 6.45) is 10.8. The highest BCUT2D eigenvalue weighted by Gasteiger charge is 2.60. The zero-order valence-electron chi connectivity index (χ0n) is 26.2. The zero-order chi connectivity index (χ0) is 30.2. The van der Waals surface area contributed by atoms with Crippen LogP contribution in [0.5, 0.6) is 0 Å². The molecule has 0 N–H and O–H groups in total. The fraction of sp³-hybridized carbons (Fsp3) is 0.758. The number of hydrogen-bond acceptors (Lipinski definition) is 6. The van der Waals surface area contributed by atoms with Crippen molar-refractivity contribution >= 4 is 23.7 Å². The molecule has 0 aromatic rings. The fourth-order valence-corrected chi connectivity index (χ4v) is 7.16. The molecule has 9 nitrogen and oxygen atoms in total. The molecule has 3 heterocycles. The predicted octanol–water partition coefficient (Wildman–Crippen LogP) is 4.07. The van der Waals surface area contributed by atoms with E-state index in [9.17, 15) is 19.2 Å². The maximum absolute atomic E-state index is 14.3. The van der Waals surface area contributed by atoms with Crippen LogP contribution in [-0.2, 0) is 28.7 Å². The number of nitrogens with zero attached hydrogens (tertiary/aromatic N) is 3. The number of carbonyl (C=O) groups is 4. The van der Waals surface area contributed by atoms with Crippen LogP contribution < -0.4 is 0 Å². The average molecular weight is 584 g/mol. The molecule has 0 spiro atoms. The second-order valence-electron chi connectivity index (χ2n) is 14.0. The number of piperazine rings is 1. The Morgan fingerprint density at radius 3 is 2.36 bits per heavy atom. The van der Waals surface area contributed by atoms with Gasteiger partial charge in [-0.15, -0.1) is 0 Å². The summed E-state index contributed by atoms with van der Waals surface area (Å²) >= 11 is 0. The minimum Gasteiger partial charge on any atom is -0.468 e. The molecule has 3 aliphatic heterocycles. The minimum absolute atomic E-state index is 0.0239. The molecule has 0 aromatic carbocycles. The average Bonchev–Trinajstić information content (AvgIpc) is 3.82. The van der Waals surface area contributed by atoms with E-state index in [4.69, 9.17) is 9.47 Å². The Bertz CT molecular complexity index is 1140. The largest absolute Gasteiger partial charge is 0.468 e. The lowest BCUT2D eigenvalue weighted by Gasteiger charge is -2.53. The third-order valence-electron chi connectivity index (χ3n) is 10.0. The molecular formula is C33H49N3O6. The van der Waals surface area contributed by atoms with Crippen LogP contribution in [0, 0.1) is 22.7 Å². The quantitative estimate of drug-likeness (QED) is 0.331. The molecular weight excluding hydrogens is 534 g/mol. The summed E-state index contributed by atoms with van der Waals surface area (Å²) in [7, 11) is 1.38. The molecule has 232 valence electrons. The lowest BCUT2D eigenvalue weighted by atomic mass is 9.65. The summed E-state index contributed by atoms with van der Waals surface area (Å²) in [4.78, 5) is 59.5. The van der Waals surface area contributed by atoms with Crippen LogP contribution in [0.3, 0.4) is 0 Å². The predicted molar refractivity (Wildman–Crippen MR) is 158 cm³/mol. The lowest BCUT2D eigenvalue weighted by molar-refractivity contribution is -0.180. The number of methoxy groups -OCH3 is 1. The van der Waals surface area contributed by atoms with Gasteiger partial charge in [0.2, 0.25) is 17.7 Å². The molecule has 2 aliphatic carbocycles. The summed E-state index contributed by atoms with van der Waals surface area (Å²) in [5, 5.41) is 0. The van der Waals surface area contributed by atoms with Gasteiger partial charge in [0.1, 0.15) is 5.41 Å². The normalized spacial score (nSPS) is 30.4. The Kier molecular flexibility index (Phi) is 8.89. The summed E-state index contributed by atoms with van der Waals surface area (Å²) < 4.78 is 11.9. The Morgan fingerprint density at radius 2 is 1.76 bits per heavy atom. The van der Waals surface area contributed by atoms with E-state index >= 15 is 0 Å². The van der Waals surface area contributed by atoms with E-state index in [2.05, 4.69) is 26.8 Å². The molecule has 1 saturated carbocycles. The van der Waals surface area contributed by atoms with Crippen LogP contribution in [-0.4, -0.2) is 90.4 Å². The Morgan fingerprint density at radius 1 is 1.07 bits per heavy atom.